The van der Waals surface area contributed by atoms with Gasteiger partial charge in [-0.2, -0.15) is 5.10 Å². The van der Waals surface area contributed by atoms with E-state index in [0.29, 0.717) is 35.9 Å². The van der Waals surface area contributed by atoms with Crippen molar-refractivity contribution in [1.82, 2.24) is 19.7 Å². The maximum atomic E-state index is 12.5. The maximum absolute atomic E-state index is 12.5. The number of aromatic nitrogens is 3. The Morgan fingerprint density at radius 1 is 1.09 bits per heavy atom. The SMILES string of the molecule is COc1cc(NC(=O)CCN(C)C(C)c2ccc(-n3cncn3)cc2)cc(OC)c1OC. The Morgan fingerprint density at radius 2 is 1.75 bits per heavy atom. The molecule has 0 saturated heterocycles. The lowest BCUT2D eigenvalue weighted by Gasteiger charge is -2.25. The van der Waals surface area contributed by atoms with E-state index < -0.39 is 0 Å². The van der Waals surface area contributed by atoms with E-state index >= 15 is 0 Å². The number of methoxy groups -OCH3 is 3. The van der Waals surface area contributed by atoms with Crippen LogP contribution in [0.2, 0.25) is 0 Å². The molecule has 0 spiro atoms. The van der Waals surface area contributed by atoms with Gasteiger partial charge in [0.15, 0.2) is 11.5 Å². The molecule has 3 aromatic rings. The molecule has 1 aromatic heterocycles. The van der Waals surface area contributed by atoms with Crippen LogP contribution in [0.5, 0.6) is 17.2 Å². The van der Waals surface area contributed by atoms with Crippen molar-refractivity contribution in [3.8, 4) is 22.9 Å². The quantitative estimate of drug-likeness (QED) is 0.518. The molecule has 0 bridgehead atoms. The second kappa shape index (κ2) is 10.6. The molecule has 0 aliphatic heterocycles. The molecule has 0 saturated carbocycles. The number of carbonyl (C=O) groups excluding carboxylic acids is 1. The fraction of sp³-hybridized carbons (Fsp3) is 0.348. The highest BCUT2D eigenvalue weighted by atomic mass is 16.5. The van der Waals surface area contributed by atoms with Crippen molar-refractivity contribution < 1.29 is 19.0 Å². The number of amides is 1. The van der Waals surface area contributed by atoms with Crippen LogP contribution in [0, 0.1) is 0 Å². The minimum atomic E-state index is -0.0974. The molecule has 0 radical (unpaired) electrons. The van der Waals surface area contributed by atoms with E-state index in [1.54, 1.807) is 23.1 Å². The Balaban J connectivity index is 1.57. The van der Waals surface area contributed by atoms with Crippen molar-refractivity contribution in [2.75, 3.05) is 40.2 Å². The van der Waals surface area contributed by atoms with Gasteiger partial charge in [0.05, 0.1) is 27.0 Å². The van der Waals surface area contributed by atoms with E-state index in [2.05, 4.69) is 39.4 Å². The minimum Gasteiger partial charge on any atom is -0.493 e. The van der Waals surface area contributed by atoms with Crippen molar-refractivity contribution in [3.63, 3.8) is 0 Å². The van der Waals surface area contributed by atoms with Crippen LogP contribution in [-0.2, 0) is 4.79 Å². The molecule has 0 fully saturated rings. The molecule has 1 amide bonds. The summed E-state index contributed by atoms with van der Waals surface area (Å²) in [5.41, 5.74) is 2.69. The zero-order chi connectivity index (χ0) is 23.1. The number of carbonyl (C=O) groups is 1. The van der Waals surface area contributed by atoms with Crippen LogP contribution in [0.25, 0.3) is 5.69 Å². The Labute approximate surface area is 187 Å². The lowest BCUT2D eigenvalue weighted by molar-refractivity contribution is -0.116. The molecular weight excluding hydrogens is 410 g/mol. The predicted octanol–water partition coefficient (Wildman–Crippen LogP) is 3.31. The zero-order valence-electron chi connectivity index (χ0n) is 19.0. The second-order valence-corrected chi connectivity index (χ2v) is 7.30. The first kappa shape index (κ1) is 23.1. The Hall–Kier alpha value is -3.59. The Morgan fingerprint density at radius 3 is 2.28 bits per heavy atom. The van der Waals surface area contributed by atoms with E-state index in [1.165, 1.54) is 27.7 Å². The highest BCUT2D eigenvalue weighted by Gasteiger charge is 2.16. The molecule has 170 valence electrons. The number of benzene rings is 2. The molecule has 9 heteroatoms. The summed E-state index contributed by atoms with van der Waals surface area (Å²) in [5.74, 6) is 1.36. The lowest BCUT2D eigenvalue weighted by atomic mass is 10.1. The van der Waals surface area contributed by atoms with Crippen LogP contribution >= 0.6 is 0 Å². The predicted molar refractivity (Wildman–Crippen MR) is 122 cm³/mol. The smallest absolute Gasteiger partial charge is 0.225 e. The van der Waals surface area contributed by atoms with Gasteiger partial charge in [0.2, 0.25) is 11.7 Å². The summed E-state index contributed by atoms with van der Waals surface area (Å²) >= 11 is 0. The highest BCUT2D eigenvalue weighted by molar-refractivity contribution is 5.91. The molecule has 1 N–H and O–H groups in total. The third-order valence-electron chi connectivity index (χ3n) is 5.36. The van der Waals surface area contributed by atoms with Crippen LogP contribution in [0.1, 0.15) is 24.9 Å². The van der Waals surface area contributed by atoms with Gasteiger partial charge >= 0.3 is 0 Å². The molecule has 9 nitrogen and oxygen atoms in total. The maximum Gasteiger partial charge on any atom is 0.225 e. The van der Waals surface area contributed by atoms with Gasteiger partial charge in [-0.05, 0) is 31.7 Å². The summed E-state index contributed by atoms with van der Waals surface area (Å²) in [4.78, 5) is 18.6. The van der Waals surface area contributed by atoms with Crippen molar-refractivity contribution >= 4 is 11.6 Å². The van der Waals surface area contributed by atoms with Crippen molar-refractivity contribution in [2.45, 2.75) is 19.4 Å². The molecule has 0 aliphatic carbocycles. The molecule has 32 heavy (non-hydrogen) atoms. The van der Waals surface area contributed by atoms with Crippen molar-refractivity contribution in [2.24, 2.45) is 0 Å². The van der Waals surface area contributed by atoms with E-state index in [4.69, 9.17) is 14.2 Å². The van der Waals surface area contributed by atoms with E-state index in [9.17, 15) is 4.79 Å². The van der Waals surface area contributed by atoms with Crippen LogP contribution in [-0.4, -0.2) is 60.5 Å². The largest absolute Gasteiger partial charge is 0.493 e. The Bertz CT molecular complexity index is 996. The van der Waals surface area contributed by atoms with E-state index in [1.807, 2.05) is 19.2 Å². The highest BCUT2D eigenvalue weighted by Crippen LogP contribution is 2.39. The first-order chi connectivity index (χ1) is 15.5. The average molecular weight is 440 g/mol. The third-order valence-corrected chi connectivity index (χ3v) is 5.36. The van der Waals surface area contributed by atoms with Gasteiger partial charge in [-0.25, -0.2) is 9.67 Å². The Kier molecular flexibility index (Phi) is 7.67. The van der Waals surface area contributed by atoms with Crippen LogP contribution < -0.4 is 19.5 Å². The summed E-state index contributed by atoms with van der Waals surface area (Å²) in [6, 6.07) is 11.7. The lowest BCUT2D eigenvalue weighted by Crippen LogP contribution is -2.27. The number of hydrogen-bond acceptors (Lipinski definition) is 7. The van der Waals surface area contributed by atoms with Crippen molar-refractivity contribution in [3.05, 3.63) is 54.6 Å². The minimum absolute atomic E-state index is 0.0974. The van der Waals surface area contributed by atoms with Gasteiger partial charge in [0.1, 0.15) is 12.7 Å². The molecule has 3 rings (SSSR count). The summed E-state index contributed by atoms with van der Waals surface area (Å²) in [7, 11) is 6.62. The monoisotopic (exact) mass is 439 g/mol. The molecular formula is C23H29N5O4. The number of ether oxygens (including phenoxy) is 3. The van der Waals surface area contributed by atoms with Gasteiger partial charge < -0.3 is 19.5 Å². The van der Waals surface area contributed by atoms with E-state index in [-0.39, 0.29) is 11.9 Å². The van der Waals surface area contributed by atoms with E-state index in [0.717, 1.165) is 11.3 Å². The second-order valence-electron chi connectivity index (χ2n) is 7.30. The molecule has 1 atom stereocenters. The first-order valence-corrected chi connectivity index (χ1v) is 10.2. The normalized spacial score (nSPS) is 11.8. The van der Waals surface area contributed by atoms with Gasteiger partial charge in [0, 0.05) is 36.8 Å². The third kappa shape index (κ3) is 5.36. The molecule has 0 aliphatic rings. The topological polar surface area (TPSA) is 90.7 Å². The number of nitrogens with one attached hydrogen (secondary N) is 1. The summed E-state index contributed by atoms with van der Waals surface area (Å²) < 4.78 is 17.7. The van der Waals surface area contributed by atoms with Crippen molar-refractivity contribution in [1.29, 1.82) is 0 Å². The number of anilines is 1. The van der Waals surface area contributed by atoms with Crippen LogP contribution in [0.4, 0.5) is 5.69 Å². The van der Waals surface area contributed by atoms with Gasteiger partial charge in [0.25, 0.3) is 0 Å². The fourth-order valence-electron chi connectivity index (χ4n) is 3.35. The average Bonchev–Trinajstić information content (AvgIpc) is 3.36. The number of rotatable bonds is 10. The van der Waals surface area contributed by atoms with Crippen LogP contribution in [0.15, 0.2) is 49.1 Å². The molecule has 1 heterocycles. The van der Waals surface area contributed by atoms with Gasteiger partial charge in [-0.1, -0.05) is 12.1 Å². The summed E-state index contributed by atoms with van der Waals surface area (Å²) in [6.07, 6.45) is 3.51. The summed E-state index contributed by atoms with van der Waals surface area (Å²) in [6.45, 7) is 2.71. The fourth-order valence-corrected chi connectivity index (χ4v) is 3.35. The van der Waals surface area contributed by atoms with Crippen LogP contribution in [0.3, 0.4) is 0 Å². The standard InChI is InChI=1S/C23H29N5O4/c1-16(17-6-8-19(9-7-17)28-15-24-14-25-28)27(2)11-10-22(29)26-18-12-20(30-3)23(32-5)21(13-18)31-4/h6-9,12-16H,10-11H2,1-5H3,(H,26,29). The van der Waals surface area contributed by atoms with Gasteiger partial charge in [-0.3, -0.25) is 9.69 Å². The zero-order valence-corrected chi connectivity index (χ0v) is 19.0. The summed E-state index contributed by atoms with van der Waals surface area (Å²) in [5, 5.41) is 7.04. The van der Waals surface area contributed by atoms with Gasteiger partial charge in [-0.15, -0.1) is 0 Å². The molecule has 1 unspecified atom stereocenters. The number of hydrogen-bond donors (Lipinski definition) is 1. The first-order valence-electron chi connectivity index (χ1n) is 10.2. The number of nitrogens with zero attached hydrogens (tertiary/aromatic N) is 4. The molecule has 2 aromatic carbocycles.